The lowest BCUT2D eigenvalue weighted by Gasteiger charge is -2.32. The molecule has 0 spiro atoms. The minimum absolute atomic E-state index is 0.00136. The molecular weight excluding hydrogens is 650 g/mol. The third-order valence-corrected chi connectivity index (χ3v) is 10.2. The minimum Gasteiger partial charge on any atom is -0.444 e. The molecule has 1 unspecified atom stereocenters. The van der Waals surface area contributed by atoms with E-state index in [1.54, 1.807) is 23.2 Å². The summed E-state index contributed by atoms with van der Waals surface area (Å²) in [6.07, 6.45) is 6.19. The van der Waals surface area contributed by atoms with Gasteiger partial charge in [0.25, 0.3) is 0 Å². The highest BCUT2D eigenvalue weighted by molar-refractivity contribution is 6.36. The van der Waals surface area contributed by atoms with Gasteiger partial charge in [-0.15, -0.1) is 0 Å². The maximum absolute atomic E-state index is 16.8. The van der Waals surface area contributed by atoms with Crippen LogP contribution in [-0.2, 0) is 4.74 Å². The number of carbonyl (C=O) groups is 1. The molecule has 0 bridgehead atoms. The highest BCUT2D eigenvalue weighted by Gasteiger charge is 2.49. The van der Waals surface area contributed by atoms with Crippen LogP contribution in [0.15, 0.2) is 42.6 Å². The van der Waals surface area contributed by atoms with Gasteiger partial charge in [-0.25, -0.2) is 18.2 Å². The van der Waals surface area contributed by atoms with Crippen molar-refractivity contribution in [2.75, 3.05) is 39.8 Å². The van der Waals surface area contributed by atoms with Crippen LogP contribution in [0.5, 0.6) is 6.01 Å². The highest BCUT2D eigenvalue weighted by Crippen LogP contribution is 2.41. The second-order valence-electron chi connectivity index (χ2n) is 14.6. The van der Waals surface area contributed by atoms with Crippen LogP contribution in [0, 0.1) is 11.7 Å². The molecule has 3 saturated heterocycles. The number of amides is 1. The fourth-order valence-electron chi connectivity index (χ4n) is 7.69. The van der Waals surface area contributed by atoms with E-state index < -0.39 is 23.1 Å². The number of rotatable bonds is 6. The first-order valence-electron chi connectivity index (χ1n) is 17.0. The number of pyridine rings is 1. The van der Waals surface area contributed by atoms with Crippen molar-refractivity contribution in [3.8, 4) is 17.3 Å². The highest BCUT2D eigenvalue weighted by atomic mass is 35.5. The van der Waals surface area contributed by atoms with E-state index in [1.165, 1.54) is 0 Å². The number of hydrogen-bond donors (Lipinski definition) is 0. The van der Waals surface area contributed by atoms with E-state index >= 15 is 4.39 Å². The Morgan fingerprint density at radius 3 is 2.73 bits per heavy atom. The number of halogens is 3. The molecule has 258 valence electrons. The van der Waals surface area contributed by atoms with Gasteiger partial charge < -0.3 is 14.4 Å². The van der Waals surface area contributed by atoms with E-state index in [0.29, 0.717) is 53.2 Å². The zero-order valence-corrected chi connectivity index (χ0v) is 29.1. The molecule has 7 rings (SSSR count). The molecule has 3 aliphatic rings. The summed E-state index contributed by atoms with van der Waals surface area (Å²) in [7, 11) is 1.84. The Labute approximate surface area is 289 Å². The first-order chi connectivity index (χ1) is 23.4. The summed E-state index contributed by atoms with van der Waals surface area (Å²) in [5, 5.41) is 2.46. The van der Waals surface area contributed by atoms with E-state index in [4.69, 9.17) is 26.1 Å². The Balaban J connectivity index is 1.28. The van der Waals surface area contributed by atoms with Gasteiger partial charge in [0.1, 0.15) is 35.0 Å². The number of likely N-dealkylation sites (tertiary alicyclic amines) is 1. The molecule has 0 N–H and O–H groups in total. The predicted octanol–water partition coefficient (Wildman–Crippen LogP) is 7.58. The number of fused-ring (bicyclic) bond motifs is 3. The molecule has 5 heterocycles. The summed E-state index contributed by atoms with van der Waals surface area (Å²) in [4.78, 5) is 30.7. The van der Waals surface area contributed by atoms with Gasteiger partial charge in [-0.1, -0.05) is 41.9 Å². The standard InChI is InChI=1S/C37H42ClF2N6O3/c1-36(2,3)49-35(47)45-15-7-9-23(20-45)19-44(4)33-27-18-41-31(26-12-5-10-24-11-6-13-28(38)29(24)26)30(40)32(27)42-34(43-33)48-22-37-14-8-16-46(37)21-25(39)17-37/h5-6,10-13,18-19,23,25H,7-9,14-17,20-22H2,1-4H3/q+1/t23?,25-,37+/m1/s1. The lowest BCUT2D eigenvalue weighted by molar-refractivity contribution is -0.405. The topological polar surface area (TPSA) is 83.7 Å². The number of ether oxygens (including phenoxy) is 2. The molecule has 2 aromatic heterocycles. The molecule has 0 saturated carbocycles. The van der Waals surface area contributed by atoms with Crippen molar-refractivity contribution in [2.24, 2.45) is 5.92 Å². The van der Waals surface area contributed by atoms with Gasteiger partial charge in [0.15, 0.2) is 5.82 Å². The lowest BCUT2D eigenvalue weighted by Crippen LogP contribution is -2.43. The van der Waals surface area contributed by atoms with Gasteiger partial charge in [-0.05, 0) is 64.5 Å². The van der Waals surface area contributed by atoms with Crippen molar-refractivity contribution in [1.29, 1.82) is 0 Å². The smallest absolute Gasteiger partial charge is 0.434 e. The molecular formula is C37H42ClF2N6O3+. The maximum atomic E-state index is 16.8. The van der Waals surface area contributed by atoms with Crippen molar-refractivity contribution in [1.82, 2.24) is 24.8 Å². The largest absolute Gasteiger partial charge is 0.444 e. The number of carbonyl (C=O) groups excluding carboxylic acids is 1. The quantitative estimate of drug-likeness (QED) is 0.152. The Hall–Kier alpha value is -3.96. The minimum atomic E-state index is -0.910. The molecule has 0 aliphatic carbocycles. The maximum Gasteiger partial charge on any atom is 0.434 e. The molecule has 1 amide bonds. The van der Waals surface area contributed by atoms with Gasteiger partial charge in [0.2, 0.25) is 0 Å². The van der Waals surface area contributed by atoms with E-state index in [-0.39, 0.29) is 35.8 Å². The molecule has 9 nitrogen and oxygen atoms in total. The first-order valence-corrected chi connectivity index (χ1v) is 17.4. The Morgan fingerprint density at radius 1 is 1.14 bits per heavy atom. The summed E-state index contributed by atoms with van der Waals surface area (Å²) < 4.78 is 45.0. The predicted molar refractivity (Wildman–Crippen MR) is 186 cm³/mol. The molecule has 0 radical (unpaired) electrons. The van der Waals surface area contributed by atoms with Crippen molar-refractivity contribution in [2.45, 2.75) is 70.2 Å². The molecule has 2 aromatic carbocycles. The van der Waals surface area contributed by atoms with Gasteiger partial charge in [-0.3, -0.25) is 9.88 Å². The second-order valence-corrected chi connectivity index (χ2v) is 15.0. The van der Waals surface area contributed by atoms with Crippen LogP contribution in [0.4, 0.5) is 19.4 Å². The number of piperidine rings is 1. The Morgan fingerprint density at radius 2 is 1.94 bits per heavy atom. The number of alkyl halides is 1. The summed E-state index contributed by atoms with van der Waals surface area (Å²) in [6.45, 7) is 8.08. The first kappa shape index (κ1) is 33.5. The van der Waals surface area contributed by atoms with Crippen LogP contribution in [0.2, 0.25) is 5.02 Å². The lowest BCUT2D eigenvalue weighted by atomic mass is 9.95. The second kappa shape index (κ2) is 13.1. The van der Waals surface area contributed by atoms with E-state index in [2.05, 4.69) is 14.9 Å². The summed E-state index contributed by atoms with van der Waals surface area (Å²) in [5.74, 6) is -0.203. The number of benzene rings is 2. The van der Waals surface area contributed by atoms with Gasteiger partial charge >= 0.3 is 17.9 Å². The SMILES string of the molecule is C[N+](=CC1CCCN(C(=O)OC(C)(C)C)C1)c1nc(OC[C@@]23CCCN2C[C@H](F)C3)nc2c(F)c(-c3cccc4cccc(Cl)c34)ncc12. The normalized spacial score (nSPS) is 23.3. The molecule has 12 heteroatoms. The van der Waals surface area contributed by atoms with Crippen LogP contribution >= 0.6 is 11.6 Å². The zero-order chi connectivity index (χ0) is 34.5. The number of hydrogen-bond acceptors (Lipinski definition) is 7. The van der Waals surface area contributed by atoms with Crippen LogP contribution in [0.3, 0.4) is 0 Å². The average molecular weight is 692 g/mol. The monoisotopic (exact) mass is 691 g/mol. The van der Waals surface area contributed by atoms with E-state index in [9.17, 15) is 9.18 Å². The van der Waals surface area contributed by atoms with E-state index in [0.717, 1.165) is 37.6 Å². The van der Waals surface area contributed by atoms with Crippen molar-refractivity contribution in [3.63, 3.8) is 0 Å². The van der Waals surface area contributed by atoms with Gasteiger partial charge in [0, 0.05) is 59.1 Å². The van der Waals surface area contributed by atoms with Crippen LogP contribution in [0.25, 0.3) is 32.9 Å². The molecule has 4 aromatic rings. The molecule has 49 heavy (non-hydrogen) atoms. The molecule has 3 fully saturated rings. The van der Waals surface area contributed by atoms with Crippen LogP contribution < -0.4 is 4.74 Å². The van der Waals surface area contributed by atoms with Crippen molar-refractivity contribution in [3.05, 3.63) is 53.4 Å². The molecule has 3 atom stereocenters. The van der Waals surface area contributed by atoms with E-state index in [1.807, 2.05) is 62.9 Å². The van der Waals surface area contributed by atoms with Gasteiger partial charge in [0.05, 0.1) is 18.8 Å². The van der Waals surface area contributed by atoms with Gasteiger partial charge in [-0.2, -0.15) is 4.98 Å². The summed E-state index contributed by atoms with van der Waals surface area (Å²) in [5.41, 5.74) is -0.290. The number of aromatic nitrogens is 3. The third-order valence-electron chi connectivity index (χ3n) is 9.86. The fraction of sp³-hybridized carbons (Fsp3) is 0.486. The molecule has 3 aliphatic heterocycles. The Kier molecular flexibility index (Phi) is 8.94. The zero-order valence-electron chi connectivity index (χ0n) is 28.4. The number of nitrogens with zero attached hydrogens (tertiary/aromatic N) is 6. The van der Waals surface area contributed by atoms with Crippen LogP contribution in [0.1, 0.15) is 52.9 Å². The third kappa shape index (κ3) is 6.67. The van der Waals surface area contributed by atoms with Crippen molar-refractivity contribution >= 4 is 51.4 Å². The van der Waals surface area contributed by atoms with Crippen molar-refractivity contribution < 1.29 is 27.6 Å². The average Bonchev–Trinajstić information content (AvgIpc) is 3.58. The summed E-state index contributed by atoms with van der Waals surface area (Å²) >= 11 is 6.62. The Bertz CT molecular complexity index is 1950. The van der Waals surface area contributed by atoms with Crippen LogP contribution in [-0.4, -0.2) is 98.8 Å². The fourth-order valence-corrected chi connectivity index (χ4v) is 7.98. The summed E-state index contributed by atoms with van der Waals surface area (Å²) in [6, 6.07) is 11.1.